The fourth-order valence-electron chi connectivity index (χ4n) is 2.47. The molecule has 1 N–H and O–H groups in total. The molecular weight excluding hydrogens is 309 g/mol. The van der Waals surface area contributed by atoms with E-state index in [1.54, 1.807) is 18.2 Å². The van der Waals surface area contributed by atoms with Crippen LogP contribution in [0.15, 0.2) is 45.6 Å². The Morgan fingerprint density at radius 1 is 1.29 bits per heavy atom. The molecular formula is C17H16BNO5. The first-order valence-corrected chi connectivity index (χ1v) is 7.48. The van der Waals surface area contributed by atoms with Crippen molar-refractivity contribution in [1.82, 2.24) is 4.57 Å². The second-order valence-corrected chi connectivity index (χ2v) is 5.72. The number of aromatic hydroxyl groups is 1. The lowest BCUT2D eigenvalue weighted by Crippen LogP contribution is -2.15. The van der Waals surface area contributed by atoms with Crippen molar-refractivity contribution in [3.8, 4) is 11.5 Å². The minimum atomic E-state index is -0.452. The summed E-state index contributed by atoms with van der Waals surface area (Å²) in [7, 11) is 1.41. The molecule has 1 heterocycles. The maximum Gasteiger partial charge on any atom is 0.420 e. The van der Waals surface area contributed by atoms with Gasteiger partial charge in [0.05, 0.1) is 12.1 Å². The Kier molecular flexibility index (Phi) is 4.16. The molecule has 24 heavy (non-hydrogen) atoms. The highest BCUT2D eigenvalue weighted by Crippen LogP contribution is 2.27. The van der Waals surface area contributed by atoms with Crippen molar-refractivity contribution < 1.29 is 19.1 Å². The predicted molar refractivity (Wildman–Crippen MR) is 91.5 cm³/mol. The summed E-state index contributed by atoms with van der Waals surface area (Å²) in [5.74, 6) is -0.299. The number of benzene rings is 2. The van der Waals surface area contributed by atoms with Crippen molar-refractivity contribution in [3.05, 3.63) is 58.1 Å². The molecule has 3 rings (SSSR count). The summed E-state index contributed by atoms with van der Waals surface area (Å²) in [5.41, 5.74) is 2.83. The number of carbonyl (C=O) groups is 1. The zero-order chi connectivity index (χ0) is 17.3. The Labute approximate surface area is 138 Å². The van der Waals surface area contributed by atoms with Crippen LogP contribution in [0.25, 0.3) is 11.1 Å². The SMILES string of the molecule is BC(=O)COc1ccc(Cn2c(=O)oc3ccc(C)cc32)cc1O. The van der Waals surface area contributed by atoms with Gasteiger partial charge in [0.2, 0.25) is 0 Å². The smallest absolute Gasteiger partial charge is 0.420 e. The van der Waals surface area contributed by atoms with E-state index in [9.17, 15) is 14.7 Å². The average molecular weight is 325 g/mol. The monoisotopic (exact) mass is 325 g/mol. The third-order valence-electron chi connectivity index (χ3n) is 3.62. The highest BCUT2D eigenvalue weighted by molar-refractivity contribution is 6.58. The van der Waals surface area contributed by atoms with Crippen molar-refractivity contribution in [2.24, 2.45) is 0 Å². The summed E-state index contributed by atoms with van der Waals surface area (Å²) in [5, 5.41) is 10.0. The van der Waals surface area contributed by atoms with Crippen LogP contribution >= 0.6 is 0 Å². The third kappa shape index (κ3) is 3.20. The molecule has 0 bridgehead atoms. The molecule has 1 aromatic heterocycles. The maximum absolute atomic E-state index is 12.1. The number of phenolic OH excluding ortho intramolecular Hbond substituents is 1. The molecule has 6 nitrogen and oxygen atoms in total. The van der Waals surface area contributed by atoms with E-state index in [1.165, 1.54) is 18.5 Å². The van der Waals surface area contributed by atoms with E-state index >= 15 is 0 Å². The van der Waals surface area contributed by atoms with Crippen molar-refractivity contribution in [1.29, 1.82) is 0 Å². The molecule has 2 aromatic carbocycles. The second-order valence-electron chi connectivity index (χ2n) is 5.72. The van der Waals surface area contributed by atoms with Crippen molar-refractivity contribution in [3.63, 3.8) is 0 Å². The molecule has 0 unspecified atom stereocenters. The Hall–Kier alpha value is -2.96. The van der Waals surface area contributed by atoms with E-state index in [1.807, 2.05) is 19.1 Å². The number of fused-ring (bicyclic) bond motifs is 1. The van der Waals surface area contributed by atoms with Gasteiger partial charge in [-0.3, -0.25) is 4.57 Å². The number of hydrogen-bond donors (Lipinski definition) is 1. The van der Waals surface area contributed by atoms with Crippen LogP contribution in [-0.4, -0.2) is 29.8 Å². The summed E-state index contributed by atoms with van der Waals surface area (Å²) in [4.78, 5) is 23.0. The van der Waals surface area contributed by atoms with Crippen LogP contribution in [0.2, 0.25) is 0 Å². The molecule has 0 aliphatic carbocycles. The molecule has 0 spiro atoms. The molecule has 0 saturated carbocycles. The van der Waals surface area contributed by atoms with Crippen LogP contribution in [0.4, 0.5) is 0 Å². The highest BCUT2D eigenvalue weighted by atomic mass is 16.5. The van der Waals surface area contributed by atoms with Gasteiger partial charge >= 0.3 is 5.76 Å². The van der Waals surface area contributed by atoms with Gasteiger partial charge in [0, 0.05) is 0 Å². The lowest BCUT2D eigenvalue weighted by molar-refractivity contribution is -0.113. The van der Waals surface area contributed by atoms with Gasteiger partial charge in [0.15, 0.2) is 24.9 Å². The van der Waals surface area contributed by atoms with Crippen LogP contribution in [0.5, 0.6) is 11.5 Å². The van der Waals surface area contributed by atoms with E-state index in [0.717, 1.165) is 5.56 Å². The van der Waals surface area contributed by atoms with Crippen LogP contribution < -0.4 is 10.5 Å². The third-order valence-corrected chi connectivity index (χ3v) is 3.62. The zero-order valence-electron chi connectivity index (χ0n) is 13.4. The quantitative estimate of drug-likeness (QED) is 0.713. The molecule has 0 radical (unpaired) electrons. The molecule has 0 aliphatic rings. The minimum Gasteiger partial charge on any atom is -0.504 e. The maximum atomic E-state index is 12.1. The number of hydrogen-bond acceptors (Lipinski definition) is 5. The standard InChI is InChI=1S/C17H16BNO5/c1-10-2-4-14-12(6-10)19(17(22)24-14)8-11-3-5-15(13(20)7-11)23-9-16(18)21/h2-7,20H,8-9,18H2,1H3. The number of aryl methyl sites for hydroxylation is 1. The molecule has 0 aliphatic heterocycles. The first kappa shape index (κ1) is 15.9. The number of aromatic nitrogens is 1. The number of carbonyl (C=O) groups excluding carboxylic acids is 1. The van der Waals surface area contributed by atoms with Crippen LogP contribution in [-0.2, 0) is 11.3 Å². The van der Waals surface area contributed by atoms with E-state index in [-0.39, 0.29) is 30.3 Å². The molecule has 7 heteroatoms. The van der Waals surface area contributed by atoms with Crippen LogP contribution in [0.3, 0.4) is 0 Å². The van der Waals surface area contributed by atoms with Crippen molar-refractivity contribution in [2.75, 3.05) is 6.61 Å². The number of rotatable bonds is 5. The van der Waals surface area contributed by atoms with E-state index in [4.69, 9.17) is 9.15 Å². The summed E-state index contributed by atoms with van der Waals surface area (Å²) in [6.45, 7) is 2.10. The zero-order valence-corrected chi connectivity index (χ0v) is 13.4. The van der Waals surface area contributed by atoms with Gasteiger partial charge < -0.3 is 19.1 Å². The Balaban J connectivity index is 1.90. The number of phenols is 1. The summed E-state index contributed by atoms with van der Waals surface area (Å²) in [6.07, 6.45) is 0. The van der Waals surface area contributed by atoms with Gasteiger partial charge in [-0.1, -0.05) is 12.1 Å². The molecule has 0 fully saturated rings. The summed E-state index contributed by atoms with van der Waals surface area (Å²) < 4.78 is 11.9. The van der Waals surface area contributed by atoms with Crippen molar-refractivity contribution >= 4 is 24.6 Å². The Bertz CT molecular complexity index is 973. The van der Waals surface area contributed by atoms with Gasteiger partial charge in [-0.05, 0) is 42.3 Å². The number of oxazole rings is 1. The van der Waals surface area contributed by atoms with Gasteiger partial charge in [-0.15, -0.1) is 0 Å². The normalized spacial score (nSPS) is 10.9. The van der Waals surface area contributed by atoms with Gasteiger partial charge in [0.1, 0.15) is 12.3 Å². The van der Waals surface area contributed by atoms with Gasteiger partial charge in [-0.2, -0.15) is 0 Å². The molecule has 0 amide bonds. The molecule has 0 atom stereocenters. The van der Waals surface area contributed by atoms with Crippen molar-refractivity contribution in [2.45, 2.75) is 13.5 Å². The van der Waals surface area contributed by atoms with E-state index in [2.05, 4.69) is 0 Å². The predicted octanol–water partition coefficient (Wildman–Crippen LogP) is 1.20. The molecule has 3 aromatic rings. The summed E-state index contributed by atoms with van der Waals surface area (Å²) in [6, 6.07) is 10.3. The lowest BCUT2D eigenvalue weighted by atomic mass is 10.0. The van der Waals surface area contributed by atoms with E-state index < -0.39 is 5.76 Å². The fraction of sp³-hybridized carbons (Fsp3) is 0.176. The Morgan fingerprint density at radius 3 is 2.79 bits per heavy atom. The highest BCUT2D eigenvalue weighted by Gasteiger charge is 2.11. The second kappa shape index (κ2) is 6.27. The minimum absolute atomic E-state index is 0.0780. The topological polar surface area (TPSA) is 81.7 Å². The van der Waals surface area contributed by atoms with Crippen LogP contribution in [0.1, 0.15) is 11.1 Å². The largest absolute Gasteiger partial charge is 0.504 e. The lowest BCUT2D eigenvalue weighted by Gasteiger charge is -2.09. The van der Waals surface area contributed by atoms with Gasteiger partial charge in [-0.25, -0.2) is 4.79 Å². The first-order chi connectivity index (χ1) is 11.4. The fourth-order valence-corrected chi connectivity index (χ4v) is 2.47. The number of ether oxygens (including phenoxy) is 1. The van der Waals surface area contributed by atoms with Crippen LogP contribution in [0, 0.1) is 6.92 Å². The van der Waals surface area contributed by atoms with E-state index in [0.29, 0.717) is 16.7 Å². The summed E-state index contributed by atoms with van der Waals surface area (Å²) >= 11 is 0. The Morgan fingerprint density at radius 2 is 2.08 bits per heavy atom. The molecule has 0 saturated heterocycles. The average Bonchev–Trinajstić information content (AvgIpc) is 2.82. The van der Waals surface area contributed by atoms with Gasteiger partial charge in [0.25, 0.3) is 0 Å². The number of nitrogens with zero attached hydrogens (tertiary/aromatic N) is 1. The first-order valence-electron chi connectivity index (χ1n) is 7.48. The molecule has 122 valence electrons.